The van der Waals surface area contributed by atoms with Crippen LogP contribution < -0.4 is 16.0 Å². The number of nitrogens with two attached hydrogens (primary N) is 1. The molecule has 1 aromatic heterocycles. The first-order valence-corrected chi connectivity index (χ1v) is 6.53. The van der Waals surface area contributed by atoms with Crippen LogP contribution in [0.4, 0.5) is 23.1 Å². The molecule has 4 rings (SSSR count). The second kappa shape index (κ2) is 4.24. The number of nitrogens with one attached hydrogen (secondary N) is 1. The van der Waals surface area contributed by atoms with Crippen LogP contribution >= 0.6 is 0 Å². The zero-order chi connectivity index (χ0) is 14.4. The van der Waals surface area contributed by atoms with Crippen molar-refractivity contribution in [1.29, 1.82) is 0 Å². The quantitative estimate of drug-likeness (QED) is 0.669. The summed E-state index contributed by atoms with van der Waals surface area (Å²) >= 11 is 0. The van der Waals surface area contributed by atoms with Crippen molar-refractivity contribution < 1.29 is 9.21 Å². The van der Waals surface area contributed by atoms with Crippen molar-refractivity contribution >= 4 is 40.1 Å². The minimum atomic E-state index is -0.101. The first kappa shape index (κ1) is 11.8. The molecule has 3 N–H and O–H groups in total. The summed E-state index contributed by atoms with van der Waals surface area (Å²) in [6.45, 7) is 0.166. The first-order valence-electron chi connectivity index (χ1n) is 6.53. The van der Waals surface area contributed by atoms with E-state index in [1.54, 1.807) is 23.1 Å². The third-order valence-corrected chi connectivity index (χ3v) is 3.40. The van der Waals surface area contributed by atoms with E-state index in [2.05, 4.69) is 10.3 Å². The molecule has 1 aliphatic heterocycles. The minimum Gasteiger partial charge on any atom is -0.423 e. The van der Waals surface area contributed by atoms with Gasteiger partial charge in [-0.05, 0) is 30.3 Å². The molecule has 0 unspecified atom stereocenters. The number of anilines is 4. The molecule has 1 amide bonds. The topological polar surface area (TPSA) is 84.4 Å². The molecule has 2 heterocycles. The molecule has 0 saturated heterocycles. The van der Waals surface area contributed by atoms with Gasteiger partial charge in [-0.15, -0.1) is 0 Å². The summed E-state index contributed by atoms with van der Waals surface area (Å²) in [5.74, 6) is -0.101. The number of carbonyl (C=O) groups is 1. The van der Waals surface area contributed by atoms with E-state index in [0.717, 1.165) is 11.4 Å². The van der Waals surface area contributed by atoms with E-state index < -0.39 is 0 Å². The van der Waals surface area contributed by atoms with E-state index in [1.807, 2.05) is 24.3 Å². The summed E-state index contributed by atoms with van der Waals surface area (Å²) in [4.78, 5) is 18.0. The van der Waals surface area contributed by atoms with Crippen molar-refractivity contribution in [1.82, 2.24) is 4.98 Å². The Morgan fingerprint density at radius 2 is 2.10 bits per heavy atom. The van der Waals surface area contributed by atoms with E-state index in [1.165, 1.54) is 0 Å². The fourth-order valence-corrected chi connectivity index (χ4v) is 2.45. The summed E-state index contributed by atoms with van der Waals surface area (Å²) in [5, 5.41) is 2.83. The van der Waals surface area contributed by atoms with E-state index >= 15 is 0 Å². The molecule has 0 bridgehead atoms. The standard InChI is InChI=1S/C15H12N4O2/c16-9-5-6-13-11(7-9)18-15(21-13)19-8-14(20)17-10-3-1-2-4-12(10)19/h1-7H,8,16H2,(H,17,20). The van der Waals surface area contributed by atoms with Crippen molar-refractivity contribution in [2.24, 2.45) is 0 Å². The van der Waals surface area contributed by atoms with Crippen LogP contribution in [0.3, 0.4) is 0 Å². The molecule has 1 aliphatic rings. The van der Waals surface area contributed by atoms with Gasteiger partial charge in [-0.3, -0.25) is 9.69 Å². The van der Waals surface area contributed by atoms with Crippen LogP contribution in [0.5, 0.6) is 0 Å². The van der Waals surface area contributed by atoms with E-state index in [-0.39, 0.29) is 12.5 Å². The van der Waals surface area contributed by atoms with Crippen molar-refractivity contribution in [3.63, 3.8) is 0 Å². The van der Waals surface area contributed by atoms with Gasteiger partial charge in [0.1, 0.15) is 12.1 Å². The molecule has 21 heavy (non-hydrogen) atoms. The van der Waals surface area contributed by atoms with Crippen LogP contribution in [-0.2, 0) is 4.79 Å². The van der Waals surface area contributed by atoms with Gasteiger partial charge in [0, 0.05) is 5.69 Å². The van der Waals surface area contributed by atoms with Crippen LogP contribution in [0.1, 0.15) is 0 Å². The summed E-state index contributed by atoms with van der Waals surface area (Å²) in [6, 6.07) is 13.2. The lowest BCUT2D eigenvalue weighted by Crippen LogP contribution is -2.35. The average molecular weight is 280 g/mol. The Labute approximate surface area is 120 Å². The van der Waals surface area contributed by atoms with Crippen LogP contribution in [0.2, 0.25) is 0 Å². The molecule has 3 aromatic rings. The van der Waals surface area contributed by atoms with E-state index in [0.29, 0.717) is 22.8 Å². The SMILES string of the molecule is Nc1ccc2oc(N3CC(=O)Nc4ccccc43)nc2c1. The Bertz CT molecular complexity index is 856. The predicted octanol–water partition coefficient (Wildman–Crippen LogP) is 2.50. The molecule has 0 fully saturated rings. The number of para-hydroxylation sites is 2. The Morgan fingerprint density at radius 3 is 3.00 bits per heavy atom. The second-order valence-corrected chi connectivity index (χ2v) is 4.88. The number of fused-ring (bicyclic) bond motifs is 2. The van der Waals surface area contributed by atoms with E-state index in [9.17, 15) is 4.79 Å². The van der Waals surface area contributed by atoms with Crippen LogP contribution in [0.25, 0.3) is 11.1 Å². The summed E-state index contributed by atoms with van der Waals surface area (Å²) in [5.41, 5.74) is 9.29. The fraction of sp³-hybridized carbons (Fsp3) is 0.0667. The molecule has 104 valence electrons. The van der Waals surface area contributed by atoms with Gasteiger partial charge in [-0.1, -0.05) is 12.1 Å². The number of amides is 1. The second-order valence-electron chi connectivity index (χ2n) is 4.88. The predicted molar refractivity (Wildman–Crippen MR) is 80.5 cm³/mol. The fourth-order valence-electron chi connectivity index (χ4n) is 2.45. The van der Waals surface area contributed by atoms with Gasteiger partial charge in [0.25, 0.3) is 0 Å². The van der Waals surface area contributed by atoms with Crippen LogP contribution in [-0.4, -0.2) is 17.4 Å². The van der Waals surface area contributed by atoms with Gasteiger partial charge in [0.05, 0.1) is 11.4 Å². The Kier molecular flexibility index (Phi) is 2.38. The van der Waals surface area contributed by atoms with Gasteiger partial charge >= 0.3 is 6.01 Å². The number of hydrogen-bond donors (Lipinski definition) is 2. The third-order valence-electron chi connectivity index (χ3n) is 3.40. The van der Waals surface area contributed by atoms with Crippen molar-refractivity contribution in [3.8, 4) is 0 Å². The third kappa shape index (κ3) is 1.88. The summed E-state index contributed by atoms with van der Waals surface area (Å²) < 4.78 is 5.75. The zero-order valence-electron chi connectivity index (χ0n) is 11.0. The number of carbonyl (C=O) groups excluding carboxylic acids is 1. The molecule has 0 radical (unpaired) electrons. The molecule has 0 atom stereocenters. The molecule has 6 heteroatoms. The summed E-state index contributed by atoms with van der Waals surface area (Å²) in [7, 11) is 0. The van der Waals surface area contributed by atoms with Crippen molar-refractivity contribution in [3.05, 3.63) is 42.5 Å². The van der Waals surface area contributed by atoms with E-state index in [4.69, 9.17) is 10.2 Å². The molecule has 6 nitrogen and oxygen atoms in total. The average Bonchev–Trinajstić information content (AvgIpc) is 2.89. The van der Waals surface area contributed by atoms with Gasteiger partial charge < -0.3 is 15.5 Å². The number of nitrogen functional groups attached to an aromatic ring is 1. The molecular weight excluding hydrogens is 268 g/mol. The van der Waals surface area contributed by atoms with Gasteiger partial charge in [-0.25, -0.2) is 0 Å². The smallest absolute Gasteiger partial charge is 0.303 e. The van der Waals surface area contributed by atoms with Gasteiger partial charge in [0.2, 0.25) is 5.91 Å². The monoisotopic (exact) mass is 280 g/mol. The highest BCUT2D eigenvalue weighted by Crippen LogP contribution is 2.35. The zero-order valence-corrected chi connectivity index (χ0v) is 11.0. The maximum absolute atomic E-state index is 11.8. The first-order chi connectivity index (χ1) is 10.2. The maximum Gasteiger partial charge on any atom is 0.303 e. The van der Waals surface area contributed by atoms with Crippen LogP contribution in [0.15, 0.2) is 46.9 Å². The Balaban J connectivity index is 1.86. The lowest BCUT2D eigenvalue weighted by molar-refractivity contribution is -0.115. The highest BCUT2D eigenvalue weighted by molar-refractivity contribution is 6.02. The lowest BCUT2D eigenvalue weighted by atomic mass is 10.2. The molecule has 2 aromatic carbocycles. The Morgan fingerprint density at radius 1 is 1.24 bits per heavy atom. The normalized spacial score (nSPS) is 14.1. The largest absolute Gasteiger partial charge is 0.423 e. The maximum atomic E-state index is 11.8. The summed E-state index contributed by atoms with van der Waals surface area (Å²) in [6.07, 6.45) is 0. The highest BCUT2D eigenvalue weighted by atomic mass is 16.4. The number of hydrogen-bond acceptors (Lipinski definition) is 5. The molecule has 0 aliphatic carbocycles. The van der Waals surface area contributed by atoms with Crippen LogP contribution in [0, 0.1) is 0 Å². The number of nitrogens with zero attached hydrogens (tertiary/aromatic N) is 2. The van der Waals surface area contributed by atoms with Gasteiger partial charge in [-0.2, -0.15) is 4.98 Å². The van der Waals surface area contributed by atoms with Gasteiger partial charge in [0.15, 0.2) is 5.58 Å². The molecule has 0 saturated carbocycles. The number of oxazole rings is 1. The highest BCUT2D eigenvalue weighted by Gasteiger charge is 2.26. The van der Waals surface area contributed by atoms with Crippen molar-refractivity contribution in [2.75, 3.05) is 22.5 Å². The number of rotatable bonds is 1. The molecular formula is C15H12N4O2. The van der Waals surface area contributed by atoms with Crippen molar-refractivity contribution in [2.45, 2.75) is 0 Å². The number of aromatic nitrogens is 1. The lowest BCUT2D eigenvalue weighted by Gasteiger charge is -2.27. The minimum absolute atomic E-state index is 0.101. The molecule has 0 spiro atoms. The number of benzene rings is 2. The Hall–Kier alpha value is -3.02.